The average molecular weight is 292 g/mol. The smallest absolute Gasteiger partial charge is 0.340 e. The third-order valence-electron chi connectivity index (χ3n) is 4.72. The van der Waals surface area contributed by atoms with Crippen molar-refractivity contribution in [3.63, 3.8) is 0 Å². The molecule has 1 saturated carbocycles. The first-order valence-electron chi connectivity index (χ1n) is 7.13. The summed E-state index contributed by atoms with van der Waals surface area (Å²) in [5.74, 6) is -0.196. The molecule has 20 heavy (non-hydrogen) atoms. The first-order valence-corrected chi connectivity index (χ1v) is 7.13. The lowest BCUT2D eigenvalue weighted by Crippen LogP contribution is -2.45. The quantitative estimate of drug-likeness (QED) is 0.869. The molecule has 116 valence electrons. The number of carbonyl (C=O) groups excluding carboxylic acids is 1. The van der Waals surface area contributed by atoms with Gasteiger partial charge in [-0.05, 0) is 18.3 Å². The summed E-state index contributed by atoms with van der Waals surface area (Å²) in [4.78, 5) is 13.9. The molecule has 1 atom stereocenters. The van der Waals surface area contributed by atoms with Crippen molar-refractivity contribution in [1.29, 1.82) is 0 Å². The van der Waals surface area contributed by atoms with Gasteiger partial charge in [-0.2, -0.15) is 13.2 Å². The lowest BCUT2D eigenvalue weighted by atomic mass is 9.66. The molecule has 1 amide bonds. The fourth-order valence-corrected chi connectivity index (χ4v) is 3.47. The minimum Gasteiger partial charge on any atom is -0.340 e. The number of nitrogens with two attached hydrogens (primary N) is 1. The van der Waals surface area contributed by atoms with Gasteiger partial charge in [0.25, 0.3) is 0 Å². The fourth-order valence-electron chi connectivity index (χ4n) is 3.47. The highest BCUT2D eigenvalue weighted by atomic mass is 19.4. The standard InChI is InChI=1S/C14H23F3N2O/c1-12(2,8-14(15,16)17)6-11(20)19-7-10(18)13(9-19)4-3-5-13/h10H,3-9,18H2,1-2H3. The molecule has 1 aliphatic heterocycles. The molecule has 2 N–H and O–H groups in total. The molecule has 2 rings (SSSR count). The van der Waals surface area contributed by atoms with Gasteiger partial charge >= 0.3 is 6.18 Å². The molecule has 2 fully saturated rings. The Hall–Kier alpha value is -0.780. The van der Waals surface area contributed by atoms with Gasteiger partial charge in [-0.3, -0.25) is 4.79 Å². The Labute approximate surface area is 117 Å². The fraction of sp³-hybridized carbons (Fsp3) is 0.929. The molecule has 0 aromatic rings. The zero-order chi connectivity index (χ0) is 15.2. The highest BCUT2D eigenvalue weighted by molar-refractivity contribution is 5.77. The van der Waals surface area contributed by atoms with Crippen LogP contribution in [-0.2, 0) is 4.79 Å². The molecule has 0 radical (unpaired) electrons. The Morgan fingerprint density at radius 3 is 2.35 bits per heavy atom. The Balaban J connectivity index is 1.92. The van der Waals surface area contributed by atoms with E-state index in [4.69, 9.17) is 5.73 Å². The van der Waals surface area contributed by atoms with Crippen LogP contribution in [-0.4, -0.2) is 36.1 Å². The van der Waals surface area contributed by atoms with Gasteiger partial charge in [0.15, 0.2) is 0 Å². The predicted molar refractivity (Wildman–Crippen MR) is 69.9 cm³/mol. The van der Waals surface area contributed by atoms with E-state index in [2.05, 4.69) is 0 Å². The van der Waals surface area contributed by atoms with Crippen molar-refractivity contribution in [3.8, 4) is 0 Å². The molecule has 0 aromatic carbocycles. The van der Waals surface area contributed by atoms with Gasteiger partial charge in [-0.15, -0.1) is 0 Å². The highest BCUT2D eigenvalue weighted by Gasteiger charge is 2.50. The largest absolute Gasteiger partial charge is 0.389 e. The van der Waals surface area contributed by atoms with E-state index in [1.807, 2.05) is 0 Å². The zero-order valence-corrected chi connectivity index (χ0v) is 12.1. The number of alkyl halides is 3. The maximum atomic E-state index is 12.5. The van der Waals surface area contributed by atoms with E-state index in [1.165, 1.54) is 13.8 Å². The van der Waals surface area contributed by atoms with Crippen LogP contribution in [0.15, 0.2) is 0 Å². The third kappa shape index (κ3) is 3.27. The van der Waals surface area contributed by atoms with Gasteiger partial charge < -0.3 is 10.6 Å². The first kappa shape index (κ1) is 15.6. The van der Waals surface area contributed by atoms with Crippen molar-refractivity contribution >= 4 is 5.91 Å². The molecule has 1 spiro atoms. The summed E-state index contributed by atoms with van der Waals surface area (Å²) in [5, 5.41) is 0. The molecule has 1 unspecified atom stereocenters. The van der Waals surface area contributed by atoms with E-state index in [1.54, 1.807) is 4.90 Å². The summed E-state index contributed by atoms with van der Waals surface area (Å²) in [5.41, 5.74) is 5.08. The van der Waals surface area contributed by atoms with Gasteiger partial charge in [0.05, 0.1) is 0 Å². The maximum absolute atomic E-state index is 12.5. The minimum atomic E-state index is -4.24. The molecular weight excluding hydrogens is 269 g/mol. The SMILES string of the molecule is CC(C)(CC(=O)N1CC(N)C2(CCC2)C1)CC(F)(F)F. The molecule has 2 aliphatic rings. The second-order valence-corrected chi connectivity index (χ2v) is 7.23. The Kier molecular flexibility index (Phi) is 3.82. The first-order chi connectivity index (χ1) is 9.03. The summed E-state index contributed by atoms with van der Waals surface area (Å²) < 4.78 is 37.4. The van der Waals surface area contributed by atoms with Gasteiger partial charge in [0, 0.05) is 37.4 Å². The van der Waals surface area contributed by atoms with Crippen LogP contribution in [0.5, 0.6) is 0 Å². The summed E-state index contributed by atoms with van der Waals surface area (Å²) in [6.45, 7) is 4.09. The number of halogens is 3. The van der Waals surface area contributed by atoms with Crippen molar-refractivity contribution in [1.82, 2.24) is 4.90 Å². The van der Waals surface area contributed by atoms with Crippen molar-refractivity contribution < 1.29 is 18.0 Å². The minimum absolute atomic E-state index is 0.0223. The van der Waals surface area contributed by atoms with E-state index >= 15 is 0 Å². The van der Waals surface area contributed by atoms with Crippen molar-refractivity contribution in [2.75, 3.05) is 13.1 Å². The molecule has 6 heteroatoms. The van der Waals surface area contributed by atoms with Gasteiger partial charge in [-0.1, -0.05) is 20.3 Å². The monoisotopic (exact) mass is 292 g/mol. The van der Waals surface area contributed by atoms with Gasteiger partial charge in [0.2, 0.25) is 5.91 Å². The molecule has 1 heterocycles. The van der Waals surface area contributed by atoms with E-state index in [0.29, 0.717) is 13.1 Å². The van der Waals surface area contributed by atoms with E-state index in [0.717, 1.165) is 19.3 Å². The van der Waals surface area contributed by atoms with Crippen LogP contribution in [0.4, 0.5) is 13.2 Å². The summed E-state index contributed by atoms with van der Waals surface area (Å²) in [6.07, 6.45) is -2.05. The maximum Gasteiger partial charge on any atom is 0.389 e. The van der Waals surface area contributed by atoms with E-state index < -0.39 is 18.0 Å². The lowest BCUT2D eigenvalue weighted by Gasteiger charge is -2.41. The number of amides is 1. The highest BCUT2D eigenvalue weighted by Crippen LogP contribution is 2.47. The molecular formula is C14H23F3N2O. The zero-order valence-electron chi connectivity index (χ0n) is 12.1. The normalized spacial score (nSPS) is 25.9. The van der Waals surface area contributed by atoms with Crippen molar-refractivity contribution in [2.45, 2.75) is 58.2 Å². The summed E-state index contributed by atoms with van der Waals surface area (Å²) >= 11 is 0. The Morgan fingerprint density at radius 1 is 1.35 bits per heavy atom. The van der Waals surface area contributed by atoms with Crippen LogP contribution < -0.4 is 5.73 Å². The van der Waals surface area contributed by atoms with Crippen molar-refractivity contribution in [3.05, 3.63) is 0 Å². The number of rotatable bonds is 3. The van der Waals surface area contributed by atoms with Gasteiger partial charge in [0.1, 0.15) is 0 Å². The number of carbonyl (C=O) groups is 1. The molecule has 0 bridgehead atoms. The van der Waals surface area contributed by atoms with E-state index in [-0.39, 0.29) is 23.8 Å². The Morgan fingerprint density at radius 2 is 1.95 bits per heavy atom. The molecule has 3 nitrogen and oxygen atoms in total. The number of hydrogen-bond donors (Lipinski definition) is 1. The molecule has 1 aliphatic carbocycles. The summed E-state index contributed by atoms with van der Waals surface area (Å²) in [7, 11) is 0. The second-order valence-electron chi connectivity index (χ2n) is 7.23. The number of likely N-dealkylation sites (tertiary alicyclic amines) is 1. The number of nitrogens with zero attached hydrogens (tertiary/aromatic N) is 1. The number of hydrogen-bond acceptors (Lipinski definition) is 2. The topological polar surface area (TPSA) is 46.3 Å². The van der Waals surface area contributed by atoms with Crippen LogP contribution in [0.25, 0.3) is 0 Å². The molecule has 0 aromatic heterocycles. The Bertz CT molecular complexity index is 388. The summed E-state index contributed by atoms with van der Waals surface area (Å²) in [6, 6.07) is -0.0223. The second kappa shape index (κ2) is 4.90. The van der Waals surface area contributed by atoms with Crippen molar-refractivity contribution in [2.24, 2.45) is 16.6 Å². The van der Waals surface area contributed by atoms with Crippen LogP contribution in [0.3, 0.4) is 0 Å². The van der Waals surface area contributed by atoms with Crippen LogP contribution in [0.1, 0.15) is 46.0 Å². The van der Waals surface area contributed by atoms with E-state index in [9.17, 15) is 18.0 Å². The average Bonchev–Trinajstić information content (AvgIpc) is 2.50. The lowest BCUT2D eigenvalue weighted by molar-refractivity contribution is -0.158. The third-order valence-corrected chi connectivity index (χ3v) is 4.72. The van der Waals surface area contributed by atoms with Crippen LogP contribution in [0, 0.1) is 10.8 Å². The van der Waals surface area contributed by atoms with Crippen LogP contribution >= 0.6 is 0 Å². The predicted octanol–water partition coefficient (Wildman–Crippen LogP) is 2.69. The van der Waals surface area contributed by atoms with Gasteiger partial charge in [-0.25, -0.2) is 0 Å². The van der Waals surface area contributed by atoms with Crippen LogP contribution in [0.2, 0.25) is 0 Å². The molecule has 1 saturated heterocycles.